The molecule has 6 nitrogen and oxygen atoms in total. The van der Waals surface area contributed by atoms with Crippen molar-refractivity contribution in [3.8, 4) is 0 Å². The van der Waals surface area contributed by atoms with Gasteiger partial charge in [-0.05, 0) is 32.0 Å². The van der Waals surface area contributed by atoms with Crippen LogP contribution >= 0.6 is 0 Å². The van der Waals surface area contributed by atoms with Crippen LogP contribution in [0.15, 0.2) is 30.3 Å². The Morgan fingerprint density at radius 1 is 1.04 bits per heavy atom. The Morgan fingerprint density at radius 2 is 1.74 bits per heavy atom. The fourth-order valence-corrected chi connectivity index (χ4v) is 3.20. The van der Waals surface area contributed by atoms with E-state index in [1.165, 1.54) is 4.90 Å². The molecule has 3 N–H and O–H groups in total. The van der Waals surface area contributed by atoms with Gasteiger partial charge in [0, 0.05) is 27.6 Å². The Labute approximate surface area is 131 Å². The summed E-state index contributed by atoms with van der Waals surface area (Å²) in [7, 11) is 0. The Balaban J connectivity index is 2.05. The molecule has 1 aromatic heterocycles. The first-order valence-electron chi connectivity index (χ1n) is 7.22. The first-order chi connectivity index (χ1) is 11.0. The summed E-state index contributed by atoms with van der Waals surface area (Å²) < 4.78 is 0. The molecule has 0 atom stereocenters. The van der Waals surface area contributed by atoms with Crippen molar-refractivity contribution in [2.24, 2.45) is 0 Å². The minimum Gasteiger partial charge on any atom is -0.398 e. The lowest BCUT2D eigenvalue weighted by atomic mass is 9.92. The van der Waals surface area contributed by atoms with Gasteiger partial charge in [-0.3, -0.25) is 14.7 Å². The molecule has 0 fully saturated rings. The van der Waals surface area contributed by atoms with Gasteiger partial charge in [-0.2, -0.15) is 5.10 Å². The standard InChI is InChI=1S/C17H14N4O2/c1-8-15(9(2)20-19-8)21-16(22)11-5-3-4-10-13(18)7-6-12(14(10)11)17(21)23/h3-7H,18H2,1-2H3,(H,19,20). The number of H-pyrrole nitrogens is 1. The van der Waals surface area contributed by atoms with E-state index in [2.05, 4.69) is 10.2 Å². The molecule has 3 aromatic rings. The SMILES string of the molecule is Cc1n[nH]c(C)c1N1C(=O)c2cccc3c(N)ccc(c23)C1=O. The second-order valence-corrected chi connectivity index (χ2v) is 5.66. The summed E-state index contributed by atoms with van der Waals surface area (Å²) in [5.41, 5.74) is 9.29. The van der Waals surface area contributed by atoms with Crippen LogP contribution in [-0.2, 0) is 0 Å². The molecule has 2 heterocycles. The molecule has 1 aliphatic heterocycles. The van der Waals surface area contributed by atoms with Crippen LogP contribution < -0.4 is 10.6 Å². The number of aromatic nitrogens is 2. The number of hydrogen-bond acceptors (Lipinski definition) is 4. The van der Waals surface area contributed by atoms with E-state index in [0.29, 0.717) is 39.3 Å². The second kappa shape index (κ2) is 4.42. The quantitative estimate of drug-likeness (QED) is 0.534. The molecule has 0 bridgehead atoms. The first kappa shape index (κ1) is 13.5. The molecule has 2 aromatic carbocycles. The highest BCUT2D eigenvalue weighted by atomic mass is 16.2. The fraction of sp³-hybridized carbons (Fsp3) is 0.118. The molecule has 1 aliphatic rings. The maximum atomic E-state index is 13.0. The summed E-state index contributed by atoms with van der Waals surface area (Å²) in [6.07, 6.45) is 0. The monoisotopic (exact) mass is 306 g/mol. The van der Waals surface area contributed by atoms with Gasteiger partial charge in [0.05, 0.1) is 17.1 Å². The van der Waals surface area contributed by atoms with E-state index in [0.717, 1.165) is 5.39 Å². The average Bonchev–Trinajstić information content (AvgIpc) is 2.86. The third-order valence-electron chi connectivity index (χ3n) is 4.25. The molecule has 0 saturated carbocycles. The van der Waals surface area contributed by atoms with E-state index in [4.69, 9.17) is 5.73 Å². The number of rotatable bonds is 1. The summed E-state index contributed by atoms with van der Waals surface area (Å²) in [6, 6.07) is 8.69. The van der Waals surface area contributed by atoms with Gasteiger partial charge in [0.25, 0.3) is 11.8 Å². The van der Waals surface area contributed by atoms with Crippen molar-refractivity contribution >= 4 is 34.0 Å². The lowest BCUT2D eigenvalue weighted by Gasteiger charge is -2.27. The zero-order valence-corrected chi connectivity index (χ0v) is 12.7. The molecule has 0 saturated heterocycles. The number of carbonyl (C=O) groups excluding carboxylic acids is 2. The lowest BCUT2D eigenvalue weighted by molar-refractivity contribution is 0.0893. The van der Waals surface area contributed by atoms with Crippen LogP contribution in [0.4, 0.5) is 11.4 Å². The molecular formula is C17H14N4O2. The van der Waals surface area contributed by atoms with Gasteiger partial charge >= 0.3 is 0 Å². The van der Waals surface area contributed by atoms with E-state index in [-0.39, 0.29) is 11.8 Å². The number of nitrogens with zero attached hydrogens (tertiary/aromatic N) is 2. The van der Waals surface area contributed by atoms with E-state index in [1.54, 1.807) is 38.1 Å². The Bertz CT molecular complexity index is 961. The van der Waals surface area contributed by atoms with Gasteiger partial charge in [0.1, 0.15) is 0 Å². The smallest absolute Gasteiger partial charge is 0.266 e. The number of amides is 2. The molecule has 0 spiro atoms. The van der Waals surface area contributed by atoms with Crippen LogP contribution in [0.25, 0.3) is 10.8 Å². The van der Waals surface area contributed by atoms with E-state index >= 15 is 0 Å². The Hall–Kier alpha value is -3.15. The minimum atomic E-state index is -0.355. The fourth-order valence-electron chi connectivity index (χ4n) is 3.20. The van der Waals surface area contributed by atoms with Crippen LogP contribution in [0.2, 0.25) is 0 Å². The van der Waals surface area contributed by atoms with Crippen LogP contribution in [0.3, 0.4) is 0 Å². The number of nitrogens with two attached hydrogens (primary N) is 1. The molecule has 0 unspecified atom stereocenters. The van der Waals surface area contributed by atoms with Crippen LogP contribution in [0.1, 0.15) is 32.1 Å². The number of nitrogen functional groups attached to an aromatic ring is 1. The summed E-state index contributed by atoms with van der Waals surface area (Å²) >= 11 is 0. The summed E-state index contributed by atoms with van der Waals surface area (Å²) in [5, 5.41) is 8.25. The Kier molecular flexibility index (Phi) is 2.60. The molecule has 6 heteroatoms. The predicted octanol–water partition coefficient (Wildman–Crippen LogP) is 2.56. The van der Waals surface area contributed by atoms with Crippen LogP contribution in [0.5, 0.6) is 0 Å². The molecule has 23 heavy (non-hydrogen) atoms. The molecular weight excluding hydrogens is 292 g/mol. The summed E-state index contributed by atoms with van der Waals surface area (Å²) in [6.45, 7) is 3.55. The van der Waals surface area contributed by atoms with E-state index < -0.39 is 0 Å². The van der Waals surface area contributed by atoms with Gasteiger partial charge in [-0.1, -0.05) is 12.1 Å². The summed E-state index contributed by atoms with van der Waals surface area (Å²) in [4.78, 5) is 27.1. The number of nitrogens with one attached hydrogen (secondary N) is 1. The van der Waals surface area contributed by atoms with Gasteiger partial charge in [0.2, 0.25) is 0 Å². The maximum absolute atomic E-state index is 13.0. The molecule has 114 valence electrons. The van der Waals surface area contributed by atoms with Gasteiger partial charge in [0.15, 0.2) is 0 Å². The largest absolute Gasteiger partial charge is 0.398 e. The number of aromatic amines is 1. The molecule has 4 rings (SSSR count). The van der Waals surface area contributed by atoms with Gasteiger partial charge in [-0.15, -0.1) is 0 Å². The van der Waals surface area contributed by atoms with Crippen molar-refractivity contribution in [1.82, 2.24) is 10.2 Å². The van der Waals surface area contributed by atoms with Crippen molar-refractivity contribution in [2.75, 3.05) is 10.6 Å². The third-order valence-corrected chi connectivity index (χ3v) is 4.25. The van der Waals surface area contributed by atoms with Gasteiger partial charge in [-0.25, -0.2) is 4.90 Å². The number of imide groups is 1. The van der Waals surface area contributed by atoms with Crippen molar-refractivity contribution in [1.29, 1.82) is 0 Å². The van der Waals surface area contributed by atoms with Crippen molar-refractivity contribution < 1.29 is 9.59 Å². The van der Waals surface area contributed by atoms with Crippen molar-refractivity contribution in [2.45, 2.75) is 13.8 Å². The number of carbonyl (C=O) groups is 2. The topological polar surface area (TPSA) is 92.1 Å². The van der Waals surface area contributed by atoms with Crippen molar-refractivity contribution in [3.05, 3.63) is 52.8 Å². The average molecular weight is 306 g/mol. The normalized spacial score (nSPS) is 13.9. The molecule has 0 aliphatic carbocycles. The van der Waals surface area contributed by atoms with Crippen molar-refractivity contribution in [3.63, 3.8) is 0 Å². The summed E-state index contributed by atoms with van der Waals surface area (Å²) in [5.74, 6) is -0.711. The zero-order chi connectivity index (χ0) is 16.3. The highest BCUT2D eigenvalue weighted by Gasteiger charge is 2.36. The Morgan fingerprint density at radius 3 is 2.39 bits per heavy atom. The third kappa shape index (κ3) is 1.66. The second-order valence-electron chi connectivity index (χ2n) is 5.66. The lowest BCUT2D eigenvalue weighted by Crippen LogP contribution is -2.41. The molecule has 0 radical (unpaired) electrons. The van der Waals surface area contributed by atoms with Crippen LogP contribution in [0, 0.1) is 13.8 Å². The highest BCUT2D eigenvalue weighted by Crippen LogP contribution is 2.36. The van der Waals surface area contributed by atoms with Gasteiger partial charge < -0.3 is 5.73 Å². The zero-order valence-electron chi connectivity index (χ0n) is 12.7. The predicted molar refractivity (Wildman–Crippen MR) is 87.6 cm³/mol. The first-order valence-corrected chi connectivity index (χ1v) is 7.22. The number of aryl methyl sites for hydroxylation is 2. The number of benzene rings is 2. The van der Waals surface area contributed by atoms with E-state index in [1.807, 2.05) is 6.07 Å². The number of anilines is 2. The number of hydrogen-bond donors (Lipinski definition) is 2. The molecule has 2 amide bonds. The maximum Gasteiger partial charge on any atom is 0.266 e. The highest BCUT2D eigenvalue weighted by molar-refractivity contribution is 6.36. The van der Waals surface area contributed by atoms with E-state index in [9.17, 15) is 9.59 Å². The van der Waals surface area contributed by atoms with Crippen LogP contribution in [-0.4, -0.2) is 22.0 Å². The minimum absolute atomic E-state index is 0.355.